The molecule has 0 unspecified atom stereocenters. The highest BCUT2D eigenvalue weighted by atomic mass is 32.2. The van der Waals surface area contributed by atoms with Gasteiger partial charge in [-0.25, -0.2) is 0 Å². The van der Waals surface area contributed by atoms with Crippen molar-refractivity contribution in [3.05, 3.63) is 29.8 Å². The molecule has 128 valence electrons. The van der Waals surface area contributed by atoms with E-state index in [1.807, 2.05) is 24.3 Å². The summed E-state index contributed by atoms with van der Waals surface area (Å²) in [6.45, 7) is 2.61. The molecule has 24 heavy (non-hydrogen) atoms. The van der Waals surface area contributed by atoms with Crippen molar-refractivity contribution >= 4 is 35.0 Å². The Morgan fingerprint density at radius 3 is 3.08 bits per heavy atom. The first-order valence-electron chi connectivity index (χ1n) is 7.59. The van der Waals surface area contributed by atoms with E-state index in [9.17, 15) is 9.59 Å². The van der Waals surface area contributed by atoms with E-state index in [2.05, 4.69) is 15.5 Å². The number of rotatable bonds is 8. The van der Waals surface area contributed by atoms with E-state index in [1.54, 1.807) is 13.1 Å². The van der Waals surface area contributed by atoms with Gasteiger partial charge in [-0.1, -0.05) is 23.9 Å². The van der Waals surface area contributed by atoms with E-state index in [4.69, 9.17) is 9.47 Å². The molecule has 1 aliphatic rings. The standard InChI is InChI=1S/C16H19N3O4S/c1-2-22-15(21)7-4-8-23-13-6-3-5-12(9-13)10-17-19-16-18-14(20)11-24-16/h3,5-6,9-10H,2,4,7-8,11H2,1H3,(H,18,19,20). The molecule has 0 saturated carbocycles. The molecule has 0 aliphatic carbocycles. The molecule has 2 rings (SSSR count). The van der Waals surface area contributed by atoms with Crippen LogP contribution in [0.15, 0.2) is 34.5 Å². The molecule has 8 heteroatoms. The number of esters is 1. The number of carbonyl (C=O) groups is 2. The van der Waals surface area contributed by atoms with Gasteiger partial charge in [0.2, 0.25) is 5.91 Å². The number of carbonyl (C=O) groups excluding carboxylic acids is 2. The lowest BCUT2D eigenvalue weighted by atomic mass is 10.2. The minimum atomic E-state index is -0.210. The van der Waals surface area contributed by atoms with Gasteiger partial charge in [-0.15, -0.1) is 5.10 Å². The van der Waals surface area contributed by atoms with Gasteiger partial charge in [0, 0.05) is 6.42 Å². The van der Waals surface area contributed by atoms with Crippen molar-refractivity contribution in [1.82, 2.24) is 5.32 Å². The summed E-state index contributed by atoms with van der Waals surface area (Å²) in [4.78, 5) is 22.2. The predicted octanol–water partition coefficient (Wildman–Crippen LogP) is 1.96. The van der Waals surface area contributed by atoms with Crippen LogP contribution in [0.2, 0.25) is 0 Å². The first-order chi connectivity index (χ1) is 11.7. The fourth-order valence-corrected chi connectivity index (χ4v) is 2.48. The largest absolute Gasteiger partial charge is 0.494 e. The van der Waals surface area contributed by atoms with Gasteiger partial charge < -0.3 is 14.8 Å². The Morgan fingerprint density at radius 2 is 2.33 bits per heavy atom. The number of nitrogens with zero attached hydrogens (tertiary/aromatic N) is 2. The van der Waals surface area contributed by atoms with Crippen LogP contribution in [-0.2, 0) is 14.3 Å². The van der Waals surface area contributed by atoms with E-state index < -0.39 is 0 Å². The van der Waals surface area contributed by atoms with Gasteiger partial charge in [0.05, 0.1) is 25.2 Å². The number of nitrogens with one attached hydrogen (secondary N) is 1. The molecule has 7 nitrogen and oxygen atoms in total. The minimum absolute atomic E-state index is 0.0628. The van der Waals surface area contributed by atoms with Gasteiger partial charge >= 0.3 is 5.97 Å². The third kappa shape index (κ3) is 6.41. The Hall–Kier alpha value is -2.35. The first-order valence-corrected chi connectivity index (χ1v) is 8.58. The molecule has 0 aromatic heterocycles. The van der Waals surface area contributed by atoms with Crippen LogP contribution >= 0.6 is 11.8 Å². The molecule has 1 fully saturated rings. The van der Waals surface area contributed by atoms with Gasteiger partial charge in [-0.2, -0.15) is 5.10 Å². The molecule has 0 bridgehead atoms. The molecule has 0 spiro atoms. The average molecular weight is 349 g/mol. The molecular formula is C16H19N3O4S. The number of thioether (sulfide) groups is 1. The summed E-state index contributed by atoms with van der Waals surface area (Å²) in [6, 6.07) is 7.38. The number of benzene rings is 1. The van der Waals surface area contributed by atoms with Gasteiger partial charge in [0.1, 0.15) is 5.75 Å². The van der Waals surface area contributed by atoms with E-state index in [0.717, 1.165) is 5.56 Å². The first kappa shape index (κ1) is 18.0. The molecule has 1 heterocycles. The summed E-state index contributed by atoms with van der Waals surface area (Å²) < 4.78 is 10.5. The van der Waals surface area contributed by atoms with Crippen molar-refractivity contribution in [2.24, 2.45) is 10.2 Å². The third-order valence-corrected chi connectivity index (χ3v) is 3.76. The van der Waals surface area contributed by atoms with E-state index in [1.165, 1.54) is 11.8 Å². The number of amides is 1. The minimum Gasteiger partial charge on any atom is -0.494 e. The van der Waals surface area contributed by atoms with Crippen molar-refractivity contribution < 1.29 is 19.1 Å². The summed E-state index contributed by atoms with van der Waals surface area (Å²) in [6.07, 6.45) is 2.53. The quantitative estimate of drug-likeness (QED) is 0.335. The molecule has 1 aromatic rings. The van der Waals surface area contributed by atoms with Gasteiger partial charge in [0.15, 0.2) is 5.17 Å². The Bertz CT molecular complexity index is 646. The zero-order valence-electron chi connectivity index (χ0n) is 13.4. The van der Waals surface area contributed by atoms with Crippen LogP contribution < -0.4 is 10.1 Å². The number of hydrogen-bond acceptors (Lipinski definition) is 7. The average Bonchev–Trinajstić information content (AvgIpc) is 2.98. The highest BCUT2D eigenvalue weighted by Gasteiger charge is 2.15. The topological polar surface area (TPSA) is 89.3 Å². The fraction of sp³-hybridized carbons (Fsp3) is 0.375. The van der Waals surface area contributed by atoms with Crippen molar-refractivity contribution in [3.63, 3.8) is 0 Å². The molecular weight excluding hydrogens is 330 g/mol. The van der Waals surface area contributed by atoms with Crippen molar-refractivity contribution in [2.45, 2.75) is 19.8 Å². The maximum atomic E-state index is 11.2. The van der Waals surface area contributed by atoms with E-state index >= 15 is 0 Å². The van der Waals surface area contributed by atoms with Crippen molar-refractivity contribution in [2.75, 3.05) is 19.0 Å². The molecule has 1 aliphatic heterocycles. The van der Waals surface area contributed by atoms with Gasteiger partial charge in [-0.05, 0) is 31.0 Å². The molecule has 1 amide bonds. The Kier molecular flexibility index (Phi) is 7.28. The van der Waals surface area contributed by atoms with E-state index in [0.29, 0.717) is 42.7 Å². The Morgan fingerprint density at radius 1 is 1.46 bits per heavy atom. The summed E-state index contributed by atoms with van der Waals surface area (Å²) in [7, 11) is 0. The lowest BCUT2D eigenvalue weighted by molar-refractivity contribution is -0.143. The molecule has 1 saturated heterocycles. The number of hydrogen-bond donors (Lipinski definition) is 1. The maximum absolute atomic E-state index is 11.2. The van der Waals surface area contributed by atoms with Gasteiger partial charge in [-0.3, -0.25) is 9.59 Å². The molecule has 0 radical (unpaired) electrons. The molecule has 1 N–H and O–H groups in total. The van der Waals surface area contributed by atoms with Crippen LogP contribution in [0.3, 0.4) is 0 Å². The van der Waals surface area contributed by atoms with E-state index in [-0.39, 0.29) is 11.9 Å². The summed E-state index contributed by atoms with van der Waals surface area (Å²) in [5, 5.41) is 11.0. The molecule has 0 atom stereocenters. The number of amidine groups is 1. The summed E-state index contributed by atoms with van der Waals surface area (Å²) >= 11 is 1.32. The van der Waals surface area contributed by atoms with Crippen LogP contribution in [0.5, 0.6) is 5.75 Å². The summed E-state index contributed by atoms with van der Waals surface area (Å²) in [5.41, 5.74) is 0.830. The van der Waals surface area contributed by atoms with Crippen LogP contribution in [0.4, 0.5) is 0 Å². The van der Waals surface area contributed by atoms with Crippen molar-refractivity contribution in [3.8, 4) is 5.75 Å². The van der Waals surface area contributed by atoms with Gasteiger partial charge in [0.25, 0.3) is 0 Å². The van der Waals surface area contributed by atoms with Crippen LogP contribution in [0, 0.1) is 0 Å². The predicted molar refractivity (Wildman–Crippen MR) is 93.4 cm³/mol. The number of ether oxygens (including phenoxy) is 2. The Balaban J connectivity index is 1.78. The maximum Gasteiger partial charge on any atom is 0.305 e. The highest BCUT2D eigenvalue weighted by Crippen LogP contribution is 2.13. The van der Waals surface area contributed by atoms with Crippen LogP contribution in [0.1, 0.15) is 25.3 Å². The Labute approximate surface area is 144 Å². The van der Waals surface area contributed by atoms with Crippen molar-refractivity contribution in [1.29, 1.82) is 0 Å². The lowest BCUT2D eigenvalue weighted by Gasteiger charge is -2.06. The normalized spacial score (nSPS) is 15.7. The zero-order valence-corrected chi connectivity index (χ0v) is 14.2. The monoisotopic (exact) mass is 349 g/mol. The SMILES string of the molecule is CCOC(=O)CCCOc1cccc(C=NN=C2NC(=O)CS2)c1. The van der Waals surface area contributed by atoms with Crippen LogP contribution in [-0.4, -0.2) is 42.2 Å². The zero-order chi connectivity index (χ0) is 17.2. The molecule has 1 aromatic carbocycles. The fourth-order valence-electron chi connectivity index (χ4n) is 1.85. The second kappa shape index (κ2) is 9.71. The van der Waals surface area contributed by atoms with Crippen LogP contribution in [0.25, 0.3) is 0 Å². The lowest BCUT2D eigenvalue weighted by Crippen LogP contribution is -2.19. The second-order valence-corrected chi connectivity index (χ2v) is 5.78. The third-order valence-electron chi connectivity index (χ3n) is 2.90. The highest BCUT2D eigenvalue weighted by molar-refractivity contribution is 8.15. The summed E-state index contributed by atoms with van der Waals surface area (Å²) in [5.74, 6) is 0.799. The second-order valence-electron chi connectivity index (χ2n) is 4.82. The smallest absolute Gasteiger partial charge is 0.305 e.